The van der Waals surface area contributed by atoms with Gasteiger partial charge in [0.25, 0.3) is 0 Å². The lowest BCUT2D eigenvalue weighted by Gasteiger charge is -2.51. The van der Waals surface area contributed by atoms with Gasteiger partial charge in [-0.15, -0.1) is 0 Å². The molecule has 0 aromatic heterocycles. The summed E-state index contributed by atoms with van der Waals surface area (Å²) in [5, 5.41) is 0. The lowest BCUT2D eigenvalue weighted by atomic mass is 10.4. The average molecular weight is 278 g/mol. The molecular weight excluding hydrogens is 251 g/mol. The Labute approximate surface area is 103 Å². The second-order valence-electron chi connectivity index (χ2n) is 6.78. The summed E-state index contributed by atoms with van der Waals surface area (Å²) in [4.78, 5) is 0. The second kappa shape index (κ2) is 4.36. The van der Waals surface area contributed by atoms with Crippen molar-refractivity contribution < 1.29 is 4.57 Å². The lowest BCUT2D eigenvalue weighted by molar-refractivity contribution is 0.409. The van der Waals surface area contributed by atoms with Gasteiger partial charge in [0.05, 0.1) is 0 Å². The highest BCUT2D eigenvalue weighted by Crippen LogP contribution is 2.56. The molecule has 0 radical (unpaired) electrons. The van der Waals surface area contributed by atoms with Crippen LogP contribution in [-0.2, 0) is 4.57 Å². The van der Waals surface area contributed by atoms with Crippen molar-refractivity contribution in [1.82, 2.24) is 8.67 Å². The van der Waals surface area contributed by atoms with E-state index in [9.17, 15) is 4.57 Å². The molecule has 1 aliphatic heterocycles. The highest BCUT2D eigenvalue weighted by molar-refractivity contribution is 7.62. The molecule has 6 heteroatoms. The molecule has 1 fully saturated rings. The van der Waals surface area contributed by atoms with Crippen LogP contribution in [0.15, 0.2) is 0 Å². The second-order valence-corrected chi connectivity index (χ2v) is 19.9. The topological polar surface area (TPSA) is 23.6 Å². The Kier molecular flexibility index (Phi) is 3.99. The standard InChI is InChI=1S/C10H27N2OPSi2/c1-14(13)11(15(2,3)4)9-8-10-12(14)16(5,6)7/h8-10H2,1-7H3. The van der Waals surface area contributed by atoms with Gasteiger partial charge in [-0.05, 0) is 6.42 Å². The zero-order valence-electron chi connectivity index (χ0n) is 11.9. The van der Waals surface area contributed by atoms with Crippen LogP contribution in [-0.4, -0.2) is 44.9 Å². The van der Waals surface area contributed by atoms with Crippen LogP contribution in [0.2, 0.25) is 39.3 Å². The number of rotatable bonds is 2. The summed E-state index contributed by atoms with van der Waals surface area (Å²) in [7, 11) is -5.18. The van der Waals surface area contributed by atoms with Crippen molar-refractivity contribution in [2.24, 2.45) is 0 Å². The van der Waals surface area contributed by atoms with Crippen LogP contribution in [0.3, 0.4) is 0 Å². The molecule has 3 nitrogen and oxygen atoms in total. The molecule has 0 aliphatic carbocycles. The van der Waals surface area contributed by atoms with Crippen molar-refractivity contribution in [1.29, 1.82) is 0 Å². The third-order valence-corrected chi connectivity index (χ3v) is 14.7. The molecule has 1 saturated heterocycles. The Bertz CT molecular complexity index is 283. The molecule has 1 rings (SSSR count). The molecular formula is C10H27N2OPSi2. The quantitative estimate of drug-likeness (QED) is 0.570. The summed E-state index contributed by atoms with van der Waals surface area (Å²) in [6.45, 7) is 17.9. The van der Waals surface area contributed by atoms with Gasteiger partial charge in [-0.25, -0.2) is 0 Å². The SMILES string of the molecule is C[Si](C)(C)N1CCCN([Si](C)(C)C)P1(C)=O. The van der Waals surface area contributed by atoms with Crippen LogP contribution in [0.1, 0.15) is 6.42 Å². The Morgan fingerprint density at radius 1 is 0.875 bits per heavy atom. The summed E-state index contributed by atoms with van der Waals surface area (Å²) < 4.78 is 17.8. The van der Waals surface area contributed by atoms with E-state index in [4.69, 9.17) is 0 Å². The lowest BCUT2D eigenvalue weighted by Crippen LogP contribution is -2.56. The van der Waals surface area contributed by atoms with E-state index in [1.54, 1.807) is 0 Å². The summed E-state index contributed by atoms with van der Waals surface area (Å²) >= 11 is 0. The average Bonchev–Trinajstić information content (AvgIpc) is 1.97. The molecule has 1 aliphatic rings. The molecule has 0 amide bonds. The Morgan fingerprint density at radius 2 is 1.19 bits per heavy atom. The fraction of sp³-hybridized carbons (Fsp3) is 1.00. The van der Waals surface area contributed by atoms with E-state index in [0.29, 0.717) is 0 Å². The van der Waals surface area contributed by atoms with E-state index in [2.05, 4.69) is 48.0 Å². The maximum Gasteiger partial charge on any atom is 0.201 e. The minimum absolute atomic E-state index is 1.03. The van der Waals surface area contributed by atoms with Crippen molar-refractivity contribution in [3.8, 4) is 0 Å². The van der Waals surface area contributed by atoms with Crippen molar-refractivity contribution in [3.63, 3.8) is 0 Å². The van der Waals surface area contributed by atoms with E-state index >= 15 is 0 Å². The van der Waals surface area contributed by atoms with Gasteiger partial charge in [-0.2, -0.15) is 0 Å². The van der Waals surface area contributed by atoms with Crippen LogP contribution >= 0.6 is 7.44 Å². The van der Waals surface area contributed by atoms with E-state index in [0.717, 1.165) is 13.1 Å². The Hall–Kier alpha value is 0.584. The maximum atomic E-state index is 13.1. The van der Waals surface area contributed by atoms with Gasteiger partial charge < -0.3 is 0 Å². The zero-order valence-corrected chi connectivity index (χ0v) is 14.8. The van der Waals surface area contributed by atoms with Gasteiger partial charge in [0.15, 0.2) is 0 Å². The minimum atomic E-state index is -2.26. The van der Waals surface area contributed by atoms with Gasteiger partial charge in [0.1, 0.15) is 16.5 Å². The van der Waals surface area contributed by atoms with Crippen LogP contribution in [0.5, 0.6) is 0 Å². The normalized spacial score (nSPS) is 24.7. The predicted molar refractivity (Wildman–Crippen MR) is 78.3 cm³/mol. The Morgan fingerprint density at radius 3 is 1.44 bits per heavy atom. The van der Waals surface area contributed by atoms with E-state index in [1.807, 2.05) is 6.66 Å². The first-order chi connectivity index (χ1) is 6.97. The third-order valence-electron chi connectivity index (χ3n) is 3.18. The first-order valence-electron chi connectivity index (χ1n) is 6.11. The molecule has 0 bridgehead atoms. The minimum Gasteiger partial charge on any atom is -0.290 e. The molecule has 0 unspecified atom stereocenters. The fourth-order valence-corrected chi connectivity index (χ4v) is 15.4. The van der Waals surface area contributed by atoms with Crippen LogP contribution in [0.25, 0.3) is 0 Å². The monoisotopic (exact) mass is 278 g/mol. The summed E-state index contributed by atoms with van der Waals surface area (Å²) in [6.07, 6.45) is 1.17. The van der Waals surface area contributed by atoms with Gasteiger partial charge in [0.2, 0.25) is 7.44 Å². The number of hydrogen-bond donors (Lipinski definition) is 0. The first kappa shape index (κ1) is 14.6. The third kappa shape index (κ3) is 2.88. The number of hydrogen-bond acceptors (Lipinski definition) is 1. The largest absolute Gasteiger partial charge is 0.290 e. The molecule has 0 aromatic carbocycles. The van der Waals surface area contributed by atoms with E-state index in [-0.39, 0.29) is 0 Å². The molecule has 0 spiro atoms. The predicted octanol–water partition coefficient (Wildman–Crippen LogP) is 3.49. The first-order valence-corrected chi connectivity index (χ1v) is 15.1. The van der Waals surface area contributed by atoms with Crippen LogP contribution in [0, 0.1) is 0 Å². The molecule has 0 atom stereocenters. The van der Waals surface area contributed by atoms with Crippen LogP contribution < -0.4 is 0 Å². The summed E-state index contributed by atoms with van der Waals surface area (Å²) in [5.41, 5.74) is 0. The smallest absolute Gasteiger partial charge is 0.201 e. The van der Waals surface area contributed by atoms with Crippen molar-refractivity contribution >= 4 is 23.9 Å². The molecule has 0 aromatic rings. The van der Waals surface area contributed by atoms with Crippen molar-refractivity contribution in [2.45, 2.75) is 45.7 Å². The summed E-state index contributed by atoms with van der Waals surface area (Å²) in [5.74, 6) is 0. The van der Waals surface area contributed by atoms with Crippen molar-refractivity contribution in [2.75, 3.05) is 19.8 Å². The maximum absolute atomic E-state index is 13.1. The van der Waals surface area contributed by atoms with Gasteiger partial charge in [-0.3, -0.25) is 13.2 Å². The zero-order chi connectivity index (χ0) is 12.8. The number of nitrogens with zero attached hydrogens (tertiary/aromatic N) is 2. The van der Waals surface area contributed by atoms with Crippen molar-refractivity contribution in [3.05, 3.63) is 0 Å². The van der Waals surface area contributed by atoms with Gasteiger partial charge >= 0.3 is 0 Å². The Balaban J connectivity index is 3.06. The van der Waals surface area contributed by atoms with Crippen LogP contribution in [0.4, 0.5) is 0 Å². The van der Waals surface area contributed by atoms with E-state index in [1.165, 1.54) is 6.42 Å². The molecule has 0 N–H and O–H groups in total. The van der Waals surface area contributed by atoms with Gasteiger partial charge in [-0.1, -0.05) is 39.3 Å². The highest BCUT2D eigenvalue weighted by atomic mass is 31.2. The molecule has 0 saturated carbocycles. The molecule has 16 heavy (non-hydrogen) atoms. The molecule has 1 heterocycles. The summed E-state index contributed by atoms with van der Waals surface area (Å²) in [6, 6.07) is 0. The van der Waals surface area contributed by atoms with E-state index < -0.39 is 23.9 Å². The molecule has 96 valence electrons. The van der Waals surface area contributed by atoms with Gasteiger partial charge in [0, 0.05) is 19.8 Å². The fourth-order valence-electron chi connectivity index (χ4n) is 2.66. The highest BCUT2D eigenvalue weighted by Gasteiger charge is 2.46.